The maximum Gasteiger partial charge on any atom is 0.329 e. The number of aromatic nitrogens is 2. The highest BCUT2D eigenvalue weighted by Crippen LogP contribution is 2.27. The first-order valence-corrected chi connectivity index (χ1v) is 8.42. The van der Waals surface area contributed by atoms with Crippen LogP contribution in [-0.2, 0) is 4.79 Å². The molecule has 7 nitrogen and oxygen atoms in total. The van der Waals surface area contributed by atoms with Crippen LogP contribution in [0.1, 0.15) is 48.9 Å². The summed E-state index contributed by atoms with van der Waals surface area (Å²) >= 11 is 1.29. The topological polar surface area (TPSA) is 101 Å². The maximum absolute atomic E-state index is 12.5. The highest BCUT2D eigenvalue weighted by Gasteiger charge is 2.40. The van der Waals surface area contributed by atoms with Crippen molar-refractivity contribution in [2.45, 2.75) is 44.1 Å². The maximum atomic E-state index is 12.5. The fourth-order valence-electron chi connectivity index (χ4n) is 2.99. The monoisotopic (exact) mass is 335 g/mol. The summed E-state index contributed by atoms with van der Waals surface area (Å²) in [6.07, 6.45) is 6.92. The molecule has 0 saturated heterocycles. The zero-order valence-electron chi connectivity index (χ0n) is 12.4. The number of thiazole rings is 1. The van der Waals surface area contributed by atoms with Gasteiger partial charge >= 0.3 is 5.97 Å². The average Bonchev–Trinajstić information content (AvgIpc) is 2.87. The van der Waals surface area contributed by atoms with Gasteiger partial charge in [0.1, 0.15) is 11.1 Å². The molecule has 0 radical (unpaired) electrons. The van der Waals surface area contributed by atoms with Crippen molar-refractivity contribution in [1.82, 2.24) is 14.7 Å². The van der Waals surface area contributed by atoms with E-state index >= 15 is 0 Å². The molecule has 0 bridgehead atoms. The van der Waals surface area contributed by atoms with Crippen molar-refractivity contribution in [3.8, 4) is 0 Å². The summed E-state index contributed by atoms with van der Waals surface area (Å²) in [4.78, 5) is 41.1. The molecular weight excluding hydrogens is 318 g/mol. The largest absolute Gasteiger partial charge is 0.480 e. The van der Waals surface area contributed by atoms with E-state index in [9.17, 15) is 19.5 Å². The normalized spacial score (nSPS) is 17.6. The van der Waals surface area contributed by atoms with Gasteiger partial charge in [0, 0.05) is 17.8 Å². The Kier molecular flexibility index (Phi) is 4.16. The van der Waals surface area contributed by atoms with Gasteiger partial charge in [0.25, 0.3) is 11.5 Å². The van der Waals surface area contributed by atoms with E-state index in [2.05, 4.69) is 10.3 Å². The molecule has 0 aromatic carbocycles. The standard InChI is InChI=1S/C15H17N3O4S/c19-11(10-9-16-14-18(12(10)20)7-8-23-14)17-15(13(21)22)5-3-1-2-4-6-15/h7-9H,1-6H2,(H,17,19)(H,21,22). The Morgan fingerprint density at radius 2 is 1.96 bits per heavy atom. The third-order valence-electron chi connectivity index (χ3n) is 4.31. The van der Waals surface area contributed by atoms with Gasteiger partial charge in [-0.25, -0.2) is 9.78 Å². The van der Waals surface area contributed by atoms with E-state index in [0.717, 1.165) is 25.7 Å². The van der Waals surface area contributed by atoms with Gasteiger partial charge in [-0.2, -0.15) is 0 Å². The fraction of sp³-hybridized carbons (Fsp3) is 0.467. The minimum absolute atomic E-state index is 0.134. The Hall–Kier alpha value is -2.22. The molecule has 1 amide bonds. The fourth-order valence-corrected chi connectivity index (χ4v) is 3.66. The number of carbonyl (C=O) groups is 2. The molecule has 1 fully saturated rings. The third kappa shape index (κ3) is 2.86. The summed E-state index contributed by atoms with van der Waals surface area (Å²) in [7, 11) is 0. The number of amides is 1. The van der Waals surface area contributed by atoms with Crippen LogP contribution in [-0.4, -0.2) is 31.9 Å². The van der Waals surface area contributed by atoms with Crippen LogP contribution >= 0.6 is 11.3 Å². The van der Waals surface area contributed by atoms with Gasteiger partial charge in [-0.15, -0.1) is 11.3 Å². The second-order valence-electron chi connectivity index (χ2n) is 5.79. The summed E-state index contributed by atoms with van der Waals surface area (Å²) in [6, 6.07) is 0. The van der Waals surface area contributed by atoms with Crippen LogP contribution in [0.15, 0.2) is 22.6 Å². The lowest BCUT2D eigenvalue weighted by Crippen LogP contribution is -2.55. The van der Waals surface area contributed by atoms with E-state index in [4.69, 9.17) is 0 Å². The molecular formula is C15H17N3O4S. The van der Waals surface area contributed by atoms with Crippen LogP contribution in [0.3, 0.4) is 0 Å². The third-order valence-corrected chi connectivity index (χ3v) is 5.08. The highest BCUT2D eigenvalue weighted by molar-refractivity contribution is 7.15. The molecule has 8 heteroatoms. The van der Waals surface area contributed by atoms with Gasteiger partial charge in [-0.1, -0.05) is 25.7 Å². The molecule has 122 valence electrons. The lowest BCUT2D eigenvalue weighted by molar-refractivity contribution is -0.145. The molecule has 2 N–H and O–H groups in total. The SMILES string of the molecule is O=C(NC1(C(=O)O)CCCCCC1)c1cnc2sccn2c1=O. The molecule has 0 aliphatic heterocycles. The molecule has 2 aromatic heterocycles. The van der Waals surface area contributed by atoms with E-state index in [-0.39, 0.29) is 5.56 Å². The van der Waals surface area contributed by atoms with E-state index in [0.29, 0.717) is 17.8 Å². The molecule has 2 heterocycles. The van der Waals surface area contributed by atoms with Crippen LogP contribution in [0.25, 0.3) is 4.96 Å². The van der Waals surface area contributed by atoms with Crippen molar-refractivity contribution < 1.29 is 14.7 Å². The molecule has 1 aliphatic rings. The predicted octanol–water partition coefficient (Wildman–Crippen LogP) is 1.66. The van der Waals surface area contributed by atoms with Crippen LogP contribution in [0, 0.1) is 0 Å². The molecule has 1 aliphatic carbocycles. The first kappa shape index (κ1) is 15.7. The van der Waals surface area contributed by atoms with E-state index in [1.807, 2.05) is 0 Å². The number of carboxylic acid groups (broad SMARTS) is 1. The molecule has 0 atom stereocenters. The van der Waals surface area contributed by atoms with Gasteiger partial charge in [0.15, 0.2) is 4.96 Å². The zero-order valence-corrected chi connectivity index (χ0v) is 13.3. The van der Waals surface area contributed by atoms with Crippen molar-refractivity contribution in [2.75, 3.05) is 0 Å². The van der Waals surface area contributed by atoms with Gasteiger partial charge in [-0.3, -0.25) is 14.0 Å². The second kappa shape index (κ2) is 6.11. The van der Waals surface area contributed by atoms with Crippen LogP contribution in [0.4, 0.5) is 0 Å². The van der Waals surface area contributed by atoms with Crippen LogP contribution < -0.4 is 10.9 Å². The molecule has 0 spiro atoms. The second-order valence-corrected chi connectivity index (χ2v) is 6.66. The number of hydrogen-bond acceptors (Lipinski definition) is 5. The van der Waals surface area contributed by atoms with Crippen molar-refractivity contribution >= 4 is 28.2 Å². The summed E-state index contributed by atoms with van der Waals surface area (Å²) in [6.45, 7) is 0. The molecule has 23 heavy (non-hydrogen) atoms. The van der Waals surface area contributed by atoms with E-state index < -0.39 is 23.0 Å². The van der Waals surface area contributed by atoms with Gasteiger partial charge in [0.2, 0.25) is 0 Å². The number of nitrogens with zero attached hydrogens (tertiary/aromatic N) is 2. The zero-order chi connectivity index (χ0) is 16.4. The minimum atomic E-state index is -1.30. The average molecular weight is 335 g/mol. The first-order valence-electron chi connectivity index (χ1n) is 7.54. The Morgan fingerprint density at radius 1 is 1.26 bits per heavy atom. The number of fused-ring (bicyclic) bond motifs is 1. The number of carboxylic acids is 1. The Bertz CT molecular complexity index is 802. The number of aliphatic carboxylic acids is 1. The van der Waals surface area contributed by atoms with E-state index in [1.165, 1.54) is 21.9 Å². The summed E-state index contributed by atoms with van der Waals surface area (Å²) < 4.78 is 1.29. The van der Waals surface area contributed by atoms with Crippen molar-refractivity contribution in [1.29, 1.82) is 0 Å². The van der Waals surface area contributed by atoms with Gasteiger partial charge in [0.05, 0.1) is 0 Å². The lowest BCUT2D eigenvalue weighted by Gasteiger charge is -2.29. The van der Waals surface area contributed by atoms with Gasteiger partial charge < -0.3 is 10.4 Å². The molecule has 3 rings (SSSR count). The number of rotatable bonds is 3. The highest BCUT2D eigenvalue weighted by atomic mass is 32.1. The molecule has 2 aromatic rings. The summed E-state index contributed by atoms with van der Waals surface area (Å²) in [5.74, 6) is -1.72. The Balaban J connectivity index is 1.93. The quantitative estimate of drug-likeness (QED) is 0.831. The molecule has 0 unspecified atom stereocenters. The van der Waals surface area contributed by atoms with Crippen LogP contribution in [0.5, 0.6) is 0 Å². The Labute approximate surface area is 136 Å². The summed E-state index contributed by atoms with van der Waals surface area (Å²) in [5, 5.41) is 13.9. The Morgan fingerprint density at radius 3 is 2.61 bits per heavy atom. The van der Waals surface area contributed by atoms with E-state index in [1.54, 1.807) is 11.6 Å². The molecule has 1 saturated carbocycles. The number of hydrogen-bond donors (Lipinski definition) is 2. The summed E-state index contributed by atoms with van der Waals surface area (Å²) in [5.41, 5.74) is -1.91. The minimum Gasteiger partial charge on any atom is -0.480 e. The van der Waals surface area contributed by atoms with Crippen molar-refractivity contribution in [3.05, 3.63) is 33.7 Å². The number of nitrogens with one attached hydrogen (secondary N) is 1. The van der Waals surface area contributed by atoms with Crippen molar-refractivity contribution in [2.24, 2.45) is 0 Å². The number of carbonyl (C=O) groups excluding carboxylic acids is 1. The lowest BCUT2D eigenvalue weighted by atomic mass is 9.90. The predicted molar refractivity (Wildman–Crippen MR) is 84.9 cm³/mol. The van der Waals surface area contributed by atoms with Gasteiger partial charge in [-0.05, 0) is 12.8 Å². The first-order chi connectivity index (χ1) is 11.0. The smallest absolute Gasteiger partial charge is 0.329 e. The van der Waals surface area contributed by atoms with Crippen LogP contribution in [0.2, 0.25) is 0 Å². The van der Waals surface area contributed by atoms with Crippen molar-refractivity contribution in [3.63, 3.8) is 0 Å².